The summed E-state index contributed by atoms with van der Waals surface area (Å²) in [5, 5.41) is 3.81. The van der Waals surface area contributed by atoms with Crippen LogP contribution in [0.3, 0.4) is 0 Å². The maximum absolute atomic E-state index is 5.55. The van der Waals surface area contributed by atoms with Crippen LogP contribution in [0, 0.1) is 0 Å². The summed E-state index contributed by atoms with van der Waals surface area (Å²) in [5.74, 6) is 1.41. The van der Waals surface area contributed by atoms with Crippen molar-refractivity contribution in [1.82, 2.24) is 10.1 Å². The van der Waals surface area contributed by atoms with Gasteiger partial charge in [0.2, 0.25) is 5.89 Å². The zero-order chi connectivity index (χ0) is 9.80. The summed E-state index contributed by atoms with van der Waals surface area (Å²) < 4.78 is 4.89. The van der Waals surface area contributed by atoms with Crippen LogP contribution in [0.4, 0.5) is 0 Å². The molecule has 0 radical (unpaired) electrons. The number of nitrogens with zero attached hydrogens (tertiary/aromatic N) is 2. The van der Waals surface area contributed by atoms with Gasteiger partial charge in [0.1, 0.15) is 5.88 Å². The van der Waals surface area contributed by atoms with E-state index in [9.17, 15) is 0 Å². The van der Waals surface area contributed by atoms with Gasteiger partial charge in [0, 0.05) is 6.42 Å². The summed E-state index contributed by atoms with van der Waals surface area (Å²) in [5.41, 5.74) is 1.16. The Hall–Kier alpha value is -1.35. The number of alkyl halides is 1. The second-order valence-corrected chi connectivity index (χ2v) is 3.17. The quantitative estimate of drug-likeness (QED) is 0.728. The molecule has 0 fully saturated rings. The van der Waals surface area contributed by atoms with Crippen LogP contribution in [0.5, 0.6) is 0 Å². The molecule has 0 spiro atoms. The Balaban J connectivity index is 2.11. The van der Waals surface area contributed by atoms with Crippen LogP contribution >= 0.6 is 11.6 Å². The molecule has 0 amide bonds. The van der Waals surface area contributed by atoms with Crippen molar-refractivity contribution < 1.29 is 4.52 Å². The van der Waals surface area contributed by atoms with Gasteiger partial charge in [0.15, 0.2) is 5.82 Å². The maximum atomic E-state index is 5.55. The highest BCUT2D eigenvalue weighted by atomic mass is 35.5. The largest absolute Gasteiger partial charge is 0.338 e. The molecule has 2 aromatic rings. The minimum atomic E-state index is 0.266. The smallest absolute Gasteiger partial charge is 0.241 e. The second kappa shape index (κ2) is 4.24. The first-order valence-corrected chi connectivity index (χ1v) is 4.83. The van der Waals surface area contributed by atoms with Crippen molar-refractivity contribution >= 4 is 11.6 Å². The Labute approximate surface area is 86.7 Å². The van der Waals surface area contributed by atoms with Crippen molar-refractivity contribution in [2.24, 2.45) is 0 Å². The van der Waals surface area contributed by atoms with Gasteiger partial charge in [0.05, 0.1) is 0 Å². The Kier molecular flexibility index (Phi) is 2.79. The van der Waals surface area contributed by atoms with E-state index in [2.05, 4.69) is 10.1 Å². The van der Waals surface area contributed by atoms with Crippen LogP contribution in [0.1, 0.15) is 17.3 Å². The van der Waals surface area contributed by atoms with Gasteiger partial charge in [-0.05, 0) is 5.56 Å². The predicted octanol–water partition coefficient (Wildman–Crippen LogP) is 2.40. The van der Waals surface area contributed by atoms with Gasteiger partial charge in [-0.25, -0.2) is 0 Å². The number of aromatic nitrogens is 2. The fourth-order valence-electron chi connectivity index (χ4n) is 1.19. The lowest BCUT2D eigenvalue weighted by molar-refractivity contribution is 0.385. The number of hydrogen-bond acceptors (Lipinski definition) is 3. The van der Waals surface area contributed by atoms with E-state index in [4.69, 9.17) is 16.1 Å². The minimum Gasteiger partial charge on any atom is -0.338 e. The van der Waals surface area contributed by atoms with Gasteiger partial charge in [0.25, 0.3) is 0 Å². The summed E-state index contributed by atoms with van der Waals surface area (Å²) in [6, 6.07) is 9.99. The van der Waals surface area contributed by atoms with Gasteiger partial charge in [-0.2, -0.15) is 4.98 Å². The van der Waals surface area contributed by atoms with Crippen molar-refractivity contribution in [2.45, 2.75) is 12.3 Å². The highest BCUT2D eigenvalue weighted by molar-refractivity contribution is 6.16. The van der Waals surface area contributed by atoms with E-state index in [1.807, 2.05) is 30.3 Å². The molecule has 1 aromatic carbocycles. The summed E-state index contributed by atoms with van der Waals surface area (Å²) >= 11 is 5.55. The van der Waals surface area contributed by atoms with Crippen LogP contribution in [0.15, 0.2) is 34.9 Å². The normalized spacial score (nSPS) is 10.4. The lowest BCUT2D eigenvalue weighted by Crippen LogP contribution is -1.90. The van der Waals surface area contributed by atoms with Gasteiger partial charge < -0.3 is 4.52 Å². The lowest BCUT2D eigenvalue weighted by Gasteiger charge is -1.93. The zero-order valence-corrected chi connectivity index (χ0v) is 8.24. The number of benzene rings is 1. The molecule has 0 aliphatic carbocycles. The molecule has 14 heavy (non-hydrogen) atoms. The van der Waals surface area contributed by atoms with Crippen molar-refractivity contribution in [3.05, 3.63) is 47.6 Å². The molecular weight excluding hydrogens is 200 g/mol. The van der Waals surface area contributed by atoms with E-state index in [0.717, 1.165) is 5.56 Å². The molecule has 0 saturated carbocycles. The summed E-state index contributed by atoms with van der Waals surface area (Å²) in [7, 11) is 0. The second-order valence-electron chi connectivity index (χ2n) is 2.90. The van der Waals surface area contributed by atoms with Crippen LogP contribution in [-0.4, -0.2) is 10.1 Å². The van der Waals surface area contributed by atoms with Crippen LogP contribution in [0.25, 0.3) is 0 Å². The van der Waals surface area contributed by atoms with E-state index < -0.39 is 0 Å². The average molecular weight is 209 g/mol. The predicted molar refractivity (Wildman–Crippen MR) is 53.1 cm³/mol. The van der Waals surface area contributed by atoms with Crippen LogP contribution in [0.2, 0.25) is 0 Å². The van der Waals surface area contributed by atoms with Crippen LogP contribution < -0.4 is 0 Å². The van der Waals surface area contributed by atoms with Crippen LogP contribution in [-0.2, 0) is 12.3 Å². The molecule has 1 heterocycles. The van der Waals surface area contributed by atoms with E-state index in [-0.39, 0.29) is 5.88 Å². The Morgan fingerprint density at radius 2 is 2.00 bits per heavy atom. The van der Waals surface area contributed by atoms with Crippen molar-refractivity contribution in [1.29, 1.82) is 0 Å². The van der Waals surface area contributed by atoms with Crippen molar-refractivity contribution in [2.75, 3.05) is 0 Å². The summed E-state index contributed by atoms with van der Waals surface area (Å²) in [6.45, 7) is 0. The fourth-order valence-corrected chi connectivity index (χ4v) is 1.30. The highest BCUT2D eigenvalue weighted by Gasteiger charge is 2.04. The molecular formula is C10H9ClN2O. The molecule has 0 bridgehead atoms. The molecule has 0 aliphatic heterocycles. The highest BCUT2D eigenvalue weighted by Crippen LogP contribution is 2.07. The first-order chi connectivity index (χ1) is 6.88. The monoisotopic (exact) mass is 208 g/mol. The standard InChI is InChI=1S/C10H9ClN2O/c11-7-10-12-9(13-14-10)6-8-4-2-1-3-5-8/h1-5H,6-7H2. The van der Waals surface area contributed by atoms with E-state index in [0.29, 0.717) is 18.1 Å². The Morgan fingerprint density at radius 3 is 2.64 bits per heavy atom. The summed E-state index contributed by atoms with van der Waals surface area (Å²) in [6.07, 6.45) is 0.682. The van der Waals surface area contributed by atoms with Gasteiger partial charge in [-0.1, -0.05) is 35.5 Å². The molecule has 0 atom stereocenters. The molecule has 0 saturated heterocycles. The molecule has 4 heteroatoms. The number of halogens is 1. The molecule has 72 valence electrons. The topological polar surface area (TPSA) is 38.9 Å². The van der Waals surface area contributed by atoms with Crippen molar-refractivity contribution in [3.8, 4) is 0 Å². The third kappa shape index (κ3) is 2.12. The lowest BCUT2D eigenvalue weighted by atomic mass is 10.1. The third-order valence-electron chi connectivity index (χ3n) is 1.83. The molecule has 3 nitrogen and oxygen atoms in total. The molecule has 1 aromatic heterocycles. The molecule has 2 rings (SSSR count). The first kappa shape index (κ1) is 9.21. The molecule has 0 unspecified atom stereocenters. The van der Waals surface area contributed by atoms with Gasteiger partial charge >= 0.3 is 0 Å². The van der Waals surface area contributed by atoms with Gasteiger partial charge in [-0.3, -0.25) is 0 Å². The maximum Gasteiger partial charge on any atom is 0.241 e. The Morgan fingerprint density at radius 1 is 1.21 bits per heavy atom. The average Bonchev–Trinajstić information content (AvgIpc) is 2.67. The third-order valence-corrected chi connectivity index (χ3v) is 2.06. The molecule has 0 aliphatic rings. The van der Waals surface area contributed by atoms with Crippen molar-refractivity contribution in [3.63, 3.8) is 0 Å². The first-order valence-electron chi connectivity index (χ1n) is 4.30. The SMILES string of the molecule is ClCc1nc(Cc2ccccc2)no1. The fraction of sp³-hybridized carbons (Fsp3) is 0.200. The van der Waals surface area contributed by atoms with E-state index >= 15 is 0 Å². The number of rotatable bonds is 3. The number of hydrogen-bond donors (Lipinski definition) is 0. The minimum absolute atomic E-state index is 0.266. The van der Waals surface area contributed by atoms with E-state index in [1.54, 1.807) is 0 Å². The van der Waals surface area contributed by atoms with E-state index in [1.165, 1.54) is 0 Å². The Bertz CT molecular complexity index is 400. The molecule has 0 N–H and O–H groups in total. The summed E-state index contributed by atoms with van der Waals surface area (Å²) in [4.78, 5) is 4.11. The zero-order valence-electron chi connectivity index (χ0n) is 7.48. The van der Waals surface area contributed by atoms with Gasteiger partial charge in [-0.15, -0.1) is 11.6 Å².